The van der Waals surface area contributed by atoms with Gasteiger partial charge in [0.25, 0.3) is 0 Å². The van der Waals surface area contributed by atoms with Gasteiger partial charge in [-0.2, -0.15) is 0 Å². The molecule has 0 aromatic rings. The van der Waals surface area contributed by atoms with E-state index in [0.717, 1.165) is 12.1 Å². The van der Waals surface area contributed by atoms with Crippen LogP contribution < -0.4 is 0 Å². The molecule has 0 aromatic heterocycles. The maximum absolute atomic E-state index is 2.63. The topological polar surface area (TPSA) is 3.24 Å². The van der Waals surface area contributed by atoms with Gasteiger partial charge in [0.05, 0.1) is 0 Å². The van der Waals surface area contributed by atoms with Crippen LogP contribution in [0.3, 0.4) is 0 Å². The summed E-state index contributed by atoms with van der Waals surface area (Å²) in [5.74, 6) is 0. The van der Waals surface area contributed by atoms with Crippen molar-refractivity contribution in [2.75, 3.05) is 0 Å². The first-order chi connectivity index (χ1) is 4.09. The molecule has 2 aliphatic heterocycles. The molecule has 3 fully saturated rings. The molecule has 0 unspecified atom stereocenters. The van der Waals surface area contributed by atoms with Gasteiger partial charge in [-0.25, -0.2) is 0 Å². The summed E-state index contributed by atoms with van der Waals surface area (Å²) in [6, 6.07) is 1.94. The molecule has 0 amide bonds. The molecule has 1 nitrogen and oxygen atoms in total. The van der Waals surface area contributed by atoms with E-state index in [-0.39, 0.29) is 0 Å². The fourth-order valence-electron chi connectivity index (χ4n) is 2.13. The number of hydrogen-bond donors (Lipinski definition) is 0. The minimum atomic E-state index is 0.450. The van der Waals surface area contributed by atoms with E-state index in [1.807, 2.05) is 0 Å². The molecule has 2 heterocycles. The average Bonchev–Trinajstić information content (AvgIpc) is 1.06. The third-order valence-electron chi connectivity index (χ3n) is 2.65. The number of rotatable bonds is 0. The van der Waals surface area contributed by atoms with Gasteiger partial charge in [-0.05, 0) is 33.6 Å². The van der Waals surface area contributed by atoms with Gasteiger partial charge in [0.2, 0.25) is 0 Å². The lowest BCUT2D eigenvalue weighted by molar-refractivity contribution is -0.161. The molecule has 3 aliphatic rings. The largest absolute Gasteiger partial charge is 0.292 e. The number of hydrogen-bond acceptors (Lipinski definition) is 1. The van der Waals surface area contributed by atoms with E-state index in [1.165, 1.54) is 12.8 Å². The Morgan fingerprint density at radius 3 is 1.56 bits per heavy atom. The van der Waals surface area contributed by atoms with E-state index >= 15 is 0 Å². The van der Waals surface area contributed by atoms with Crippen LogP contribution in [0.2, 0.25) is 0 Å². The lowest BCUT2D eigenvalue weighted by Crippen LogP contribution is -2.74. The van der Waals surface area contributed by atoms with Gasteiger partial charge in [0.1, 0.15) is 0 Å². The molecule has 52 valence electrons. The number of nitrogens with zero attached hydrogens (tertiary/aromatic N) is 1. The smallest absolute Gasteiger partial charge is 0.0133 e. The van der Waals surface area contributed by atoms with Crippen LogP contribution in [0.25, 0.3) is 0 Å². The summed E-state index contributed by atoms with van der Waals surface area (Å²) in [4.78, 5) is 2.63. The molecule has 0 aromatic carbocycles. The second kappa shape index (κ2) is 1.34. The van der Waals surface area contributed by atoms with Crippen LogP contribution in [0.15, 0.2) is 0 Å². The van der Waals surface area contributed by atoms with Crippen LogP contribution in [0, 0.1) is 0 Å². The maximum atomic E-state index is 2.63. The first-order valence-corrected chi connectivity index (χ1v) is 3.87. The molecule has 0 N–H and O–H groups in total. The normalized spacial score (nSPS) is 41.7. The lowest BCUT2D eigenvalue weighted by atomic mass is 9.69. The molecular formula is C8H15N. The van der Waals surface area contributed by atoms with Crippen LogP contribution in [0.4, 0.5) is 0 Å². The summed E-state index contributed by atoms with van der Waals surface area (Å²) in [7, 11) is 0. The predicted molar refractivity (Wildman–Crippen MR) is 38.4 cm³/mol. The van der Waals surface area contributed by atoms with E-state index in [4.69, 9.17) is 0 Å². The second-order valence-corrected chi connectivity index (χ2v) is 4.36. The van der Waals surface area contributed by atoms with Crippen molar-refractivity contribution in [2.24, 2.45) is 0 Å². The Balaban J connectivity index is 2.02. The Hall–Kier alpha value is -0.0400. The molecule has 0 atom stereocenters. The minimum absolute atomic E-state index is 0.450. The molecule has 3 rings (SSSR count). The zero-order chi connectivity index (χ0) is 6.65. The highest BCUT2D eigenvalue weighted by Crippen LogP contribution is 2.48. The molecule has 0 spiro atoms. The van der Waals surface area contributed by atoms with Crippen molar-refractivity contribution in [3.63, 3.8) is 0 Å². The molecular weight excluding hydrogens is 110 g/mol. The van der Waals surface area contributed by atoms with E-state index in [0.29, 0.717) is 5.54 Å². The molecule has 1 saturated carbocycles. The molecule has 2 bridgehead atoms. The standard InChI is InChI=1S/C8H15N/c1-8(2,3)9-6-4-7(9)5-6/h6-7H,4-5H2,1-3H3. The van der Waals surface area contributed by atoms with Gasteiger partial charge >= 0.3 is 0 Å². The molecule has 1 heteroatoms. The van der Waals surface area contributed by atoms with Crippen molar-refractivity contribution < 1.29 is 0 Å². The van der Waals surface area contributed by atoms with Gasteiger partial charge < -0.3 is 0 Å². The van der Waals surface area contributed by atoms with Gasteiger partial charge in [0.15, 0.2) is 0 Å². The first kappa shape index (κ1) is 5.72. The Morgan fingerprint density at radius 2 is 1.56 bits per heavy atom. The second-order valence-electron chi connectivity index (χ2n) is 4.36. The fraction of sp³-hybridized carbons (Fsp3) is 1.00. The van der Waals surface area contributed by atoms with Gasteiger partial charge in [-0.1, -0.05) is 0 Å². The van der Waals surface area contributed by atoms with Crippen molar-refractivity contribution in [3.05, 3.63) is 0 Å². The van der Waals surface area contributed by atoms with Gasteiger partial charge in [0, 0.05) is 17.6 Å². The Labute approximate surface area is 57.0 Å². The summed E-state index contributed by atoms with van der Waals surface area (Å²) in [5, 5.41) is 0. The van der Waals surface area contributed by atoms with Crippen molar-refractivity contribution >= 4 is 0 Å². The summed E-state index contributed by atoms with van der Waals surface area (Å²) >= 11 is 0. The summed E-state index contributed by atoms with van der Waals surface area (Å²) < 4.78 is 0. The van der Waals surface area contributed by atoms with Gasteiger partial charge in [-0.3, -0.25) is 4.90 Å². The van der Waals surface area contributed by atoms with Gasteiger partial charge in [-0.15, -0.1) is 0 Å². The summed E-state index contributed by atoms with van der Waals surface area (Å²) in [5.41, 5.74) is 0.450. The van der Waals surface area contributed by atoms with Crippen molar-refractivity contribution in [2.45, 2.75) is 51.2 Å². The predicted octanol–water partition coefficient (Wildman–Crippen LogP) is 1.63. The summed E-state index contributed by atoms with van der Waals surface area (Å²) in [6.07, 6.45) is 2.97. The van der Waals surface area contributed by atoms with Crippen LogP contribution in [0.1, 0.15) is 33.6 Å². The molecule has 1 aliphatic carbocycles. The van der Waals surface area contributed by atoms with E-state index in [9.17, 15) is 0 Å². The van der Waals surface area contributed by atoms with E-state index in [2.05, 4.69) is 25.7 Å². The van der Waals surface area contributed by atoms with Crippen molar-refractivity contribution in [1.29, 1.82) is 0 Å². The monoisotopic (exact) mass is 125 g/mol. The molecule has 0 radical (unpaired) electrons. The van der Waals surface area contributed by atoms with Crippen LogP contribution in [0.5, 0.6) is 0 Å². The lowest BCUT2D eigenvalue weighted by Gasteiger charge is -2.66. The fourth-order valence-corrected chi connectivity index (χ4v) is 2.13. The van der Waals surface area contributed by atoms with E-state index in [1.54, 1.807) is 0 Å². The SMILES string of the molecule is CC(C)(C)N1C2CC1C2. The Bertz CT molecular complexity index is 120. The van der Waals surface area contributed by atoms with Crippen LogP contribution >= 0.6 is 0 Å². The van der Waals surface area contributed by atoms with E-state index < -0.39 is 0 Å². The van der Waals surface area contributed by atoms with Crippen LogP contribution in [-0.4, -0.2) is 22.5 Å². The minimum Gasteiger partial charge on any atom is -0.292 e. The third-order valence-corrected chi connectivity index (χ3v) is 2.65. The highest BCUT2D eigenvalue weighted by atomic mass is 15.4. The Morgan fingerprint density at radius 1 is 1.11 bits per heavy atom. The average molecular weight is 125 g/mol. The quantitative estimate of drug-likeness (QED) is 0.475. The Kier molecular flexibility index (Phi) is 0.852. The maximum Gasteiger partial charge on any atom is 0.0133 e. The molecule has 9 heavy (non-hydrogen) atoms. The van der Waals surface area contributed by atoms with Crippen molar-refractivity contribution in [1.82, 2.24) is 4.90 Å². The van der Waals surface area contributed by atoms with Crippen LogP contribution in [-0.2, 0) is 0 Å². The first-order valence-electron chi connectivity index (χ1n) is 3.87. The zero-order valence-electron chi connectivity index (χ0n) is 6.52. The third kappa shape index (κ3) is 0.586. The molecule has 2 saturated heterocycles. The zero-order valence-corrected chi connectivity index (χ0v) is 6.52. The summed E-state index contributed by atoms with van der Waals surface area (Å²) in [6.45, 7) is 6.93. The highest BCUT2D eigenvalue weighted by Gasteiger charge is 2.54. The van der Waals surface area contributed by atoms with Crippen molar-refractivity contribution in [3.8, 4) is 0 Å². The highest BCUT2D eigenvalue weighted by molar-refractivity contribution is 5.10.